The number of carbonyl (C=O) groups excluding carboxylic acids is 1. The van der Waals surface area contributed by atoms with Gasteiger partial charge in [0.05, 0.1) is 5.69 Å². The number of fused-ring (bicyclic) bond motifs is 1. The van der Waals surface area contributed by atoms with E-state index in [9.17, 15) is 9.59 Å². The first-order valence-corrected chi connectivity index (χ1v) is 9.35. The number of para-hydroxylation sites is 1. The van der Waals surface area contributed by atoms with Gasteiger partial charge in [-0.15, -0.1) is 0 Å². The molecule has 150 valence electrons. The van der Waals surface area contributed by atoms with Crippen molar-refractivity contribution in [2.24, 2.45) is 0 Å². The first kappa shape index (κ1) is 19.2. The molecule has 2 heterocycles. The second-order valence-corrected chi connectivity index (χ2v) is 6.48. The second-order valence-electron chi connectivity index (χ2n) is 6.48. The van der Waals surface area contributed by atoms with Gasteiger partial charge in [-0.1, -0.05) is 24.3 Å². The minimum absolute atomic E-state index is 0.0779. The molecule has 0 bridgehead atoms. The number of rotatable bonds is 7. The summed E-state index contributed by atoms with van der Waals surface area (Å²) >= 11 is 0. The minimum Gasteiger partial charge on any atom is -0.487 e. The van der Waals surface area contributed by atoms with E-state index in [1.165, 1.54) is 10.5 Å². The molecular formula is C23H19N3O4. The number of hydrogen-bond acceptors (Lipinski definition) is 5. The van der Waals surface area contributed by atoms with Gasteiger partial charge in [0.25, 0.3) is 11.5 Å². The van der Waals surface area contributed by atoms with Crippen LogP contribution in [0.5, 0.6) is 11.5 Å². The lowest BCUT2D eigenvalue weighted by Crippen LogP contribution is -2.20. The van der Waals surface area contributed by atoms with Gasteiger partial charge in [0.2, 0.25) is 0 Å². The third kappa shape index (κ3) is 4.82. The molecule has 0 fully saturated rings. The first-order valence-electron chi connectivity index (χ1n) is 9.35. The summed E-state index contributed by atoms with van der Waals surface area (Å²) in [5.41, 5.74) is 1.59. The van der Waals surface area contributed by atoms with E-state index in [1.54, 1.807) is 54.7 Å². The lowest BCUT2D eigenvalue weighted by Gasteiger charge is -2.09. The smallest absolute Gasteiger partial charge is 0.262 e. The van der Waals surface area contributed by atoms with Crippen molar-refractivity contribution in [3.63, 3.8) is 0 Å². The monoisotopic (exact) mass is 401 g/mol. The summed E-state index contributed by atoms with van der Waals surface area (Å²) in [6.45, 7) is 0.0860. The average molecular weight is 401 g/mol. The Morgan fingerprint density at radius 1 is 0.900 bits per heavy atom. The summed E-state index contributed by atoms with van der Waals surface area (Å²) in [7, 11) is 0. The SMILES string of the molecule is O=C(COc1ccccc1)Nc1ccc(OCc2cc(=O)n3ccccc3n2)cc1. The van der Waals surface area contributed by atoms with Crippen molar-refractivity contribution in [2.45, 2.75) is 6.61 Å². The molecule has 1 amide bonds. The van der Waals surface area contributed by atoms with Crippen LogP contribution in [0.2, 0.25) is 0 Å². The fourth-order valence-corrected chi connectivity index (χ4v) is 2.83. The van der Waals surface area contributed by atoms with Crippen LogP contribution in [0.15, 0.2) is 89.9 Å². The lowest BCUT2D eigenvalue weighted by atomic mass is 10.3. The molecule has 0 aliphatic heterocycles. The van der Waals surface area contributed by atoms with Crippen LogP contribution >= 0.6 is 0 Å². The zero-order valence-corrected chi connectivity index (χ0v) is 16.0. The molecule has 4 aromatic rings. The van der Waals surface area contributed by atoms with Crippen molar-refractivity contribution in [1.82, 2.24) is 9.38 Å². The maximum atomic E-state index is 12.1. The Labute approximate surface area is 172 Å². The number of amides is 1. The Hall–Kier alpha value is -4.13. The molecule has 7 nitrogen and oxygen atoms in total. The van der Waals surface area contributed by atoms with Crippen LogP contribution in [0.4, 0.5) is 5.69 Å². The molecule has 4 rings (SSSR count). The van der Waals surface area contributed by atoms with Crippen molar-refractivity contribution < 1.29 is 14.3 Å². The summed E-state index contributed by atoms with van der Waals surface area (Å²) in [5.74, 6) is 0.982. The molecule has 0 unspecified atom stereocenters. The third-order valence-electron chi connectivity index (χ3n) is 4.26. The van der Waals surface area contributed by atoms with E-state index in [0.29, 0.717) is 28.5 Å². The maximum Gasteiger partial charge on any atom is 0.262 e. The molecule has 0 aliphatic rings. The highest BCUT2D eigenvalue weighted by Gasteiger charge is 2.06. The predicted octanol–water partition coefficient (Wildman–Crippen LogP) is 3.29. The molecule has 0 saturated carbocycles. The Morgan fingerprint density at radius 3 is 2.43 bits per heavy atom. The summed E-state index contributed by atoms with van der Waals surface area (Å²) < 4.78 is 12.6. The summed E-state index contributed by atoms with van der Waals surface area (Å²) in [6.07, 6.45) is 1.67. The van der Waals surface area contributed by atoms with Gasteiger partial charge in [0, 0.05) is 18.0 Å². The molecule has 1 N–H and O–H groups in total. The normalized spacial score (nSPS) is 10.5. The summed E-state index contributed by atoms with van der Waals surface area (Å²) in [5, 5.41) is 2.76. The average Bonchev–Trinajstić information content (AvgIpc) is 2.78. The zero-order chi connectivity index (χ0) is 20.8. The number of aromatic nitrogens is 2. The van der Waals surface area contributed by atoms with E-state index in [0.717, 1.165) is 0 Å². The van der Waals surface area contributed by atoms with Gasteiger partial charge < -0.3 is 14.8 Å². The Bertz CT molecular complexity index is 1200. The number of benzene rings is 2. The fraction of sp³-hybridized carbons (Fsp3) is 0.0870. The standard InChI is InChI=1S/C23H19N3O4/c27-22(16-30-19-6-2-1-3-7-19)25-17-9-11-20(12-10-17)29-15-18-14-23(28)26-13-5-4-8-21(26)24-18/h1-14H,15-16H2,(H,25,27). The summed E-state index contributed by atoms with van der Waals surface area (Å²) in [4.78, 5) is 28.6. The van der Waals surface area contributed by atoms with E-state index >= 15 is 0 Å². The Morgan fingerprint density at radius 2 is 1.63 bits per heavy atom. The molecule has 0 atom stereocenters. The van der Waals surface area contributed by atoms with Crippen molar-refractivity contribution in [2.75, 3.05) is 11.9 Å². The Balaban J connectivity index is 1.31. The van der Waals surface area contributed by atoms with E-state index < -0.39 is 0 Å². The highest BCUT2D eigenvalue weighted by atomic mass is 16.5. The van der Waals surface area contributed by atoms with Crippen molar-refractivity contribution in [1.29, 1.82) is 0 Å². The summed E-state index contributed by atoms with van der Waals surface area (Å²) in [6, 6.07) is 22.9. The van der Waals surface area contributed by atoms with Crippen LogP contribution in [0.25, 0.3) is 5.65 Å². The second kappa shape index (κ2) is 8.91. The maximum absolute atomic E-state index is 12.1. The molecule has 2 aromatic carbocycles. The number of anilines is 1. The zero-order valence-electron chi connectivity index (χ0n) is 16.0. The van der Waals surface area contributed by atoms with E-state index in [1.807, 2.05) is 24.3 Å². The molecule has 0 radical (unpaired) electrons. The van der Waals surface area contributed by atoms with Gasteiger partial charge in [0.1, 0.15) is 23.8 Å². The number of nitrogens with one attached hydrogen (secondary N) is 1. The number of pyridine rings is 1. The van der Waals surface area contributed by atoms with Gasteiger partial charge in [-0.3, -0.25) is 14.0 Å². The number of hydrogen-bond donors (Lipinski definition) is 1. The number of ether oxygens (including phenoxy) is 2. The molecule has 0 aliphatic carbocycles. The van der Waals surface area contributed by atoms with E-state index in [4.69, 9.17) is 9.47 Å². The predicted molar refractivity (Wildman–Crippen MR) is 113 cm³/mol. The van der Waals surface area contributed by atoms with E-state index in [2.05, 4.69) is 10.3 Å². The van der Waals surface area contributed by atoms with Crippen LogP contribution in [0, 0.1) is 0 Å². The largest absolute Gasteiger partial charge is 0.487 e. The van der Waals surface area contributed by atoms with Crippen molar-refractivity contribution in [3.8, 4) is 11.5 Å². The van der Waals surface area contributed by atoms with Gasteiger partial charge >= 0.3 is 0 Å². The van der Waals surface area contributed by atoms with Crippen LogP contribution in [-0.4, -0.2) is 21.9 Å². The first-order chi connectivity index (χ1) is 14.7. The highest BCUT2D eigenvalue weighted by molar-refractivity contribution is 5.91. The number of nitrogens with zero attached hydrogens (tertiary/aromatic N) is 2. The fourth-order valence-electron chi connectivity index (χ4n) is 2.83. The molecule has 7 heteroatoms. The quantitative estimate of drug-likeness (QED) is 0.514. The van der Waals surface area contributed by atoms with Gasteiger partial charge in [-0.2, -0.15) is 0 Å². The van der Waals surface area contributed by atoms with Crippen LogP contribution in [0.1, 0.15) is 5.69 Å². The highest BCUT2D eigenvalue weighted by Crippen LogP contribution is 2.17. The number of carbonyl (C=O) groups is 1. The van der Waals surface area contributed by atoms with Crippen LogP contribution in [0.3, 0.4) is 0 Å². The van der Waals surface area contributed by atoms with Crippen LogP contribution in [-0.2, 0) is 11.4 Å². The lowest BCUT2D eigenvalue weighted by molar-refractivity contribution is -0.118. The minimum atomic E-state index is -0.256. The van der Waals surface area contributed by atoms with Crippen LogP contribution < -0.4 is 20.3 Å². The molecule has 0 saturated heterocycles. The van der Waals surface area contributed by atoms with Crippen molar-refractivity contribution >= 4 is 17.2 Å². The molecule has 2 aromatic heterocycles. The van der Waals surface area contributed by atoms with Crippen molar-refractivity contribution in [3.05, 3.63) is 101 Å². The topological polar surface area (TPSA) is 81.9 Å². The Kier molecular flexibility index (Phi) is 5.70. The van der Waals surface area contributed by atoms with E-state index in [-0.39, 0.29) is 24.7 Å². The molecular weight excluding hydrogens is 382 g/mol. The molecule has 30 heavy (non-hydrogen) atoms. The van der Waals surface area contributed by atoms with Gasteiger partial charge in [-0.25, -0.2) is 4.98 Å². The third-order valence-corrected chi connectivity index (χ3v) is 4.26. The van der Waals surface area contributed by atoms with Gasteiger partial charge in [-0.05, 0) is 48.5 Å². The molecule has 0 spiro atoms. The van der Waals surface area contributed by atoms with Gasteiger partial charge in [0.15, 0.2) is 6.61 Å².